The second-order valence-electron chi connectivity index (χ2n) is 7.04. The molecule has 4 rings (SSSR count). The van der Waals surface area contributed by atoms with E-state index < -0.39 is 5.69 Å². The summed E-state index contributed by atoms with van der Waals surface area (Å²) in [7, 11) is 0. The van der Waals surface area contributed by atoms with Gasteiger partial charge in [-0.3, -0.25) is 14.2 Å². The van der Waals surface area contributed by atoms with Crippen molar-refractivity contribution in [2.75, 3.05) is 13.1 Å². The van der Waals surface area contributed by atoms with E-state index in [9.17, 15) is 14.4 Å². The number of likely N-dealkylation sites (tertiary alicyclic amines) is 1. The van der Waals surface area contributed by atoms with Gasteiger partial charge in [-0.25, -0.2) is 9.36 Å². The average Bonchev–Trinajstić information content (AvgIpc) is 3.29. The molecule has 0 atom stereocenters. The number of hydrogen-bond acceptors (Lipinski definition) is 4. The maximum absolute atomic E-state index is 13.3. The van der Waals surface area contributed by atoms with Gasteiger partial charge in [-0.2, -0.15) is 0 Å². The molecule has 8 heteroatoms. The van der Waals surface area contributed by atoms with Crippen molar-refractivity contribution < 1.29 is 4.79 Å². The van der Waals surface area contributed by atoms with Crippen molar-refractivity contribution in [3.63, 3.8) is 0 Å². The molecular formula is C20H20ClN3O3S. The highest BCUT2D eigenvalue weighted by molar-refractivity contribution is 7.18. The molecule has 1 fully saturated rings. The lowest BCUT2D eigenvalue weighted by molar-refractivity contribution is -0.130. The zero-order valence-electron chi connectivity index (χ0n) is 15.7. The first kappa shape index (κ1) is 19.0. The maximum Gasteiger partial charge on any atom is 0.337 e. The molecule has 0 aliphatic carbocycles. The second kappa shape index (κ2) is 7.22. The Kier molecular flexibility index (Phi) is 4.89. The zero-order valence-corrected chi connectivity index (χ0v) is 17.3. The first-order chi connectivity index (χ1) is 13.4. The Morgan fingerprint density at radius 2 is 1.75 bits per heavy atom. The number of carbonyl (C=O) groups is 1. The molecule has 3 heterocycles. The summed E-state index contributed by atoms with van der Waals surface area (Å²) in [5.41, 5.74) is 0.407. The van der Waals surface area contributed by atoms with E-state index >= 15 is 0 Å². The van der Waals surface area contributed by atoms with Crippen LogP contribution >= 0.6 is 22.9 Å². The van der Waals surface area contributed by atoms with Gasteiger partial charge >= 0.3 is 5.69 Å². The van der Waals surface area contributed by atoms with Crippen molar-refractivity contribution in [2.45, 2.75) is 33.2 Å². The van der Waals surface area contributed by atoms with Crippen LogP contribution in [-0.4, -0.2) is 33.0 Å². The first-order valence-corrected chi connectivity index (χ1v) is 10.4. The minimum atomic E-state index is -0.506. The molecule has 146 valence electrons. The Morgan fingerprint density at radius 3 is 2.39 bits per heavy atom. The molecule has 0 spiro atoms. The van der Waals surface area contributed by atoms with Crippen LogP contribution in [0.3, 0.4) is 0 Å². The van der Waals surface area contributed by atoms with Crippen LogP contribution in [0.25, 0.3) is 15.9 Å². The molecule has 0 saturated carbocycles. The Balaban J connectivity index is 1.96. The van der Waals surface area contributed by atoms with Crippen LogP contribution in [-0.2, 0) is 11.3 Å². The van der Waals surface area contributed by atoms with E-state index in [1.165, 1.54) is 15.9 Å². The van der Waals surface area contributed by atoms with Crippen LogP contribution in [0.4, 0.5) is 0 Å². The summed E-state index contributed by atoms with van der Waals surface area (Å²) in [6.07, 6.45) is 1.97. The largest absolute Gasteiger partial charge is 0.341 e. The fraction of sp³-hybridized carbons (Fsp3) is 0.350. The standard InChI is InChI=1S/C20H20ClN3O3S/c1-12-13(2)28-19-17(12)18(26)24(15-7-5-14(21)6-8-15)20(27)23(19)11-16(25)22-9-3-4-10-22/h5-8H,3-4,9-11H2,1-2H3. The Bertz CT molecular complexity index is 1180. The number of rotatable bonds is 3. The Hall–Kier alpha value is -2.38. The lowest BCUT2D eigenvalue weighted by Gasteiger charge is -2.17. The number of fused-ring (bicyclic) bond motifs is 1. The zero-order chi connectivity index (χ0) is 20.0. The highest BCUT2D eigenvalue weighted by Gasteiger charge is 2.24. The van der Waals surface area contributed by atoms with Gasteiger partial charge in [0, 0.05) is 23.0 Å². The molecule has 1 amide bonds. The van der Waals surface area contributed by atoms with E-state index in [0.29, 0.717) is 20.9 Å². The minimum absolute atomic E-state index is 0.0669. The third-order valence-electron chi connectivity index (χ3n) is 5.29. The van der Waals surface area contributed by atoms with Crippen molar-refractivity contribution in [1.29, 1.82) is 0 Å². The summed E-state index contributed by atoms with van der Waals surface area (Å²) >= 11 is 7.34. The van der Waals surface area contributed by atoms with E-state index in [4.69, 9.17) is 11.6 Å². The van der Waals surface area contributed by atoms with Gasteiger partial charge in [-0.1, -0.05) is 11.6 Å². The van der Waals surface area contributed by atoms with Gasteiger partial charge in [0.25, 0.3) is 5.56 Å². The van der Waals surface area contributed by atoms with Crippen LogP contribution in [0.15, 0.2) is 33.9 Å². The van der Waals surface area contributed by atoms with Crippen molar-refractivity contribution in [2.24, 2.45) is 0 Å². The van der Waals surface area contributed by atoms with Crippen molar-refractivity contribution in [3.05, 3.63) is 60.6 Å². The molecule has 1 aliphatic rings. The average molecular weight is 418 g/mol. The van der Waals surface area contributed by atoms with Crippen LogP contribution in [0, 0.1) is 13.8 Å². The van der Waals surface area contributed by atoms with Gasteiger partial charge in [-0.05, 0) is 56.5 Å². The van der Waals surface area contributed by atoms with Crippen LogP contribution < -0.4 is 11.2 Å². The smallest absolute Gasteiger partial charge is 0.337 e. The van der Waals surface area contributed by atoms with Crippen molar-refractivity contribution in [1.82, 2.24) is 14.0 Å². The highest BCUT2D eigenvalue weighted by Crippen LogP contribution is 2.27. The molecular weight excluding hydrogens is 398 g/mol. The molecule has 0 unspecified atom stereocenters. The summed E-state index contributed by atoms with van der Waals surface area (Å²) in [5, 5.41) is 1.01. The third-order valence-corrected chi connectivity index (χ3v) is 6.77. The SMILES string of the molecule is Cc1sc2c(c1C)c(=O)n(-c1ccc(Cl)cc1)c(=O)n2CC(=O)N1CCCC1. The molecule has 1 aromatic carbocycles. The van der Waals surface area contributed by atoms with Crippen LogP contribution in [0.5, 0.6) is 0 Å². The summed E-state index contributed by atoms with van der Waals surface area (Å²) in [6, 6.07) is 6.55. The number of amides is 1. The fourth-order valence-corrected chi connectivity index (χ4v) is 4.88. The number of carbonyl (C=O) groups excluding carboxylic acids is 1. The van der Waals surface area contributed by atoms with E-state index in [1.54, 1.807) is 29.2 Å². The molecule has 2 aromatic heterocycles. The number of thiophene rings is 1. The summed E-state index contributed by atoms with van der Waals surface area (Å²) < 4.78 is 2.58. The minimum Gasteiger partial charge on any atom is -0.341 e. The third kappa shape index (κ3) is 3.08. The number of nitrogens with zero attached hydrogens (tertiary/aromatic N) is 3. The lowest BCUT2D eigenvalue weighted by Crippen LogP contribution is -2.42. The van der Waals surface area contributed by atoms with Gasteiger partial charge in [0.1, 0.15) is 11.4 Å². The molecule has 0 radical (unpaired) electrons. The fourth-order valence-electron chi connectivity index (χ4n) is 3.62. The number of aromatic nitrogens is 2. The molecule has 0 bridgehead atoms. The molecule has 1 aliphatic heterocycles. The number of aryl methyl sites for hydroxylation is 2. The molecule has 28 heavy (non-hydrogen) atoms. The number of halogens is 1. The van der Waals surface area contributed by atoms with E-state index in [1.807, 2.05) is 13.8 Å². The topological polar surface area (TPSA) is 64.3 Å². The normalized spacial score (nSPS) is 14.2. The van der Waals surface area contributed by atoms with Crippen LogP contribution in [0.2, 0.25) is 5.02 Å². The highest BCUT2D eigenvalue weighted by atomic mass is 35.5. The van der Waals surface area contributed by atoms with Crippen LogP contribution in [0.1, 0.15) is 23.3 Å². The number of hydrogen-bond donors (Lipinski definition) is 0. The summed E-state index contributed by atoms with van der Waals surface area (Å²) in [6.45, 7) is 5.16. The van der Waals surface area contributed by atoms with Gasteiger partial charge < -0.3 is 4.90 Å². The lowest BCUT2D eigenvalue weighted by atomic mass is 10.2. The summed E-state index contributed by atoms with van der Waals surface area (Å²) in [5.74, 6) is -0.0917. The van der Waals surface area contributed by atoms with Gasteiger partial charge in [0.2, 0.25) is 5.91 Å². The van der Waals surface area contributed by atoms with Crippen molar-refractivity contribution in [3.8, 4) is 5.69 Å². The molecule has 6 nitrogen and oxygen atoms in total. The molecule has 0 N–H and O–H groups in total. The van der Waals surface area contributed by atoms with Gasteiger partial charge in [0.15, 0.2) is 0 Å². The van der Waals surface area contributed by atoms with E-state index in [0.717, 1.165) is 40.9 Å². The number of benzene rings is 1. The maximum atomic E-state index is 13.3. The molecule has 1 saturated heterocycles. The molecule has 3 aromatic rings. The Morgan fingerprint density at radius 1 is 1.11 bits per heavy atom. The Labute approximate surface area is 170 Å². The predicted octanol–water partition coefficient (Wildman–Crippen LogP) is 3.11. The summed E-state index contributed by atoms with van der Waals surface area (Å²) in [4.78, 5) is 42.5. The van der Waals surface area contributed by atoms with Gasteiger partial charge in [-0.15, -0.1) is 11.3 Å². The second-order valence-corrected chi connectivity index (χ2v) is 8.68. The quantitative estimate of drug-likeness (QED) is 0.657. The van der Waals surface area contributed by atoms with Crippen molar-refractivity contribution >= 4 is 39.1 Å². The van der Waals surface area contributed by atoms with E-state index in [-0.39, 0.29) is 18.0 Å². The monoisotopic (exact) mass is 417 g/mol. The first-order valence-electron chi connectivity index (χ1n) is 9.17. The van der Waals surface area contributed by atoms with E-state index in [2.05, 4.69) is 0 Å². The van der Waals surface area contributed by atoms with Gasteiger partial charge in [0.05, 0.1) is 11.1 Å². The predicted molar refractivity (Wildman–Crippen MR) is 112 cm³/mol.